The summed E-state index contributed by atoms with van der Waals surface area (Å²) >= 11 is 0. The number of carbonyl (C=O) groups is 2. The maximum Gasteiger partial charge on any atom is 0.325 e. The van der Waals surface area contributed by atoms with Crippen LogP contribution in [0.2, 0.25) is 0 Å². The van der Waals surface area contributed by atoms with Crippen molar-refractivity contribution >= 4 is 11.9 Å². The zero-order valence-electron chi connectivity index (χ0n) is 14.2. The van der Waals surface area contributed by atoms with Gasteiger partial charge in [0.2, 0.25) is 0 Å². The molecule has 1 saturated carbocycles. The Morgan fingerprint density at radius 2 is 2.00 bits per heavy atom. The first-order valence-corrected chi connectivity index (χ1v) is 8.43. The molecule has 1 spiro atoms. The van der Waals surface area contributed by atoms with Crippen LogP contribution in [0, 0.1) is 13.8 Å². The van der Waals surface area contributed by atoms with Gasteiger partial charge in [-0.2, -0.15) is 0 Å². The highest BCUT2D eigenvalue weighted by Crippen LogP contribution is 2.35. The summed E-state index contributed by atoms with van der Waals surface area (Å²) in [7, 11) is 0. The highest BCUT2D eigenvalue weighted by atomic mass is 16.5. The van der Waals surface area contributed by atoms with E-state index in [0.717, 1.165) is 28.9 Å². The average Bonchev–Trinajstić information content (AvgIpc) is 3.10. The SMILES string of the molecule is Cc1ccc(C)c(OCC(O)CN2C(=O)NC3(CCCC3)C2=O)c1. The van der Waals surface area contributed by atoms with Gasteiger partial charge in [0.15, 0.2) is 0 Å². The molecule has 0 bridgehead atoms. The molecule has 6 nitrogen and oxygen atoms in total. The fourth-order valence-corrected chi connectivity index (χ4v) is 3.47. The van der Waals surface area contributed by atoms with E-state index in [-0.39, 0.29) is 19.1 Å². The molecule has 1 saturated heterocycles. The number of imide groups is 1. The van der Waals surface area contributed by atoms with Crippen LogP contribution in [-0.2, 0) is 4.79 Å². The van der Waals surface area contributed by atoms with Crippen LogP contribution in [0.3, 0.4) is 0 Å². The molecular formula is C18H24N2O4. The molecule has 1 aromatic carbocycles. The van der Waals surface area contributed by atoms with Gasteiger partial charge in [-0.3, -0.25) is 9.69 Å². The number of benzene rings is 1. The number of carbonyl (C=O) groups excluding carboxylic acids is 2. The second-order valence-electron chi connectivity index (χ2n) is 6.87. The first-order valence-electron chi connectivity index (χ1n) is 8.43. The van der Waals surface area contributed by atoms with Crippen LogP contribution in [0.15, 0.2) is 18.2 Å². The molecular weight excluding hydrogens is 308 g/mol. The number of nitrogens with zero attached hydrogens (tertiary/aromatic N) is 1. The quantitative estimate of drug-likeness (QED) is 0.807. The van der Waals surface area contributed by atoms with Gasteiger partial charge in [0, 0.05) is 0 Å². The molecule has 1 aromatic rings. The van der Waals surface area contributed by atoms with Gasteiger partial charge in [-0.05, 0) is 43.9 Å². The predicted octanol–water partition coefficient (Wildman–Crippen LogP) is 1.91. The molecule has 1 atom stereocenters. The third-order valence-electron chi connectivity index (χ3n) is 4.87. The molecule has 130 valence electrons. The van der Waals surface area contributed by atoms with Crippen LogP contribution in [0.4, 0.5) is 4.79 Å². The first kappa shape index (κ1) is 16.8. The van der Waals surface area contributed by atoms with Gasteiger partial charge in [0.25, 0.3) is 5.91 Å². The van der Waals surface area contributed by atoms with Gasteiger partial charge >= 0.3 is 6.03 Å². The van der Waals surface area contributed by atoms with E-state index in [0.29, 0.717) is 18.6 Å². The van der Waals surface area contributed by atoms with Crippen molar-refractivity contribution in [2.45, 2.75) is 51.2 Å². The number of urea groups is 1. The second kappa shape index (κ2) is 6.43. The van der Waals surface area contributed by atoms with Gasteiger partial charge in [-0.25, -0.2) is 4.79 Å². The van der Waals surface area contributed by atoms with Crippen molar-refractivity contribution in [1.29, 1.82) is 0 Å². The average molecular weight is 332 g/mol. The lowest BCUT2D eigenvalue weighted by Gasteiger charge is -2.21. The monoisotopic (exact) mass is 332 g/mol. The number of amides is 3. The fraction of sp³-hybridized carbons (Fsp3) is 0.556. The molecule has 3 rings (SSSR count). The highest BCUT2D eigenvalue weighted by molar-refractivity contribution is 6.07. The second-order valence-corrected chi connectivity index (χ2v) is 6.87. The molecule has 2 N–H and O–H groups in total. The number of aryl methyl sites for hydroxylation is 2. The molecule has 0 aromatic heterocycles. The van der Waals surface area contributed by atoms with E-state index in [1.165, 1.54) is 0 Å². The van der Waals surface area contributed by atoms with Gasteiger partial charge in [-0.1, -0.05) is 25.0 Å². The number of aliphatic hydroxyl groups is 1. The lowest BCUT2D eigenvalue weighted by molar-refractivity contribution is -0.132. The Bertz CT molecular complexity index is 652. The van der Waals surface area contributed by atoms with Crippen LogP contribution >= 0.6 is 0 Å². The molecule has 24 heavy (non-hydrogen) atoms. The maximum absolute atomic E-state index is 12.5. The lowest BCUT2D eigenvalue weighted by Crippen LogP contribution is -2.45. The molecule has 6 heteroatoms. The molecule has 2 fully saturated rings. The highest BCUT2D eigenvalue weighted by Gasteiger charge is 2.52. The van der Waals surface area contributed by atoms with Crippen LogP contribution < -0.4 is 10.1 Å². The van der Waals surface area contributed by atoms with E-state index in [1.54, 1.807) is 0 Å². The number of hydrogen-bond donors (Lipinski definition) is 2. The van der Waals surface area contributed by atoms with E-state index in [4.69, 9.17) is 4.74 Å². The largest absolute Gasteiger partial charge is 0.491 e. The summed E-state index contributed by atoms with van der Waals surface area (Å²) in [4.78, 5) is 25.8. The van der Waals surface area contributed by atoms with Gasteiger partial charge in [0.1, 0.15) is 24.0 Å². The summed E-state index contributed by atoms with van der Waals surface area (Å²) in [6.45, 7) is 3.89. The van der Waals surface area contributed by atoms with Crippen molar-refractivity contribution in [2.24, 2.45) is 0 Å². The minimum atomic E-state index is -0.920. The maximum atomic E-state index is 12.5. The van der Waals surface area contributed by atoms with E-state index in [2.05, 4.69) is 5.32 Å². The van der Waals surface area contributed by atoms with Crippen molar-refractivity contribution < 1.29 is 19.4 Å². The van der Waals surface area contributed by atoms with Crippen LogP contribution in [-0.4, -0.2) is 46.7 Å². The predicted molar refractivity (Wildman–Crippen MR) is 88.9 cm³/mol. The minimum absolute atomic E-state index is 0.0361. The van der Waals surface area contributed by atoms with Crippen molar-refractivity contribution in [2.75, 3.05) is 13.2 Å². The van der Waals surface area contributed by atoms with Gasteiger partial charge in [-0.15, -0.1) is 0 Å². The normalized spacial score (nSPS) is 20.5. The van der Waals surface area contributed by atoms with E-state index >= 15 is 0 Å². The van der Waals surface area contributed by atoms with E-state index < -0.39 is 17.7 Å². The Morgan fingerprint density at radius 3 is 2.71 bits per heavy atom. The van der Waals surface area contributed by atoms with E-state index in [1.807, 2.05) is 32.0 Å². The summed E-state index contributed by atoms with van der Waals surface area (Å²) in [6.07, 6.45) is 2.33. The first-order chi connectivity index (χ1) is 11.4. The lowest BCUT2D eigenvalue weighted by atomic mass is 9.98. The van der Waals surface area contributed by atoms with Gasteiger partial charge in [0.05, 0.1) is 6.54 Å². The zero-order valence-corrected chi connectivity index (χ0v) is 14.2. The summed E-state index contributed by atoms with van der Waals surface area (Å²) in [5.74, 6) is 0.495. The smallest absolute Gasteiger partial charge is 0.325 e. The number of nitrogens with one attached hydrogen (secondary N) is 1. The molecule has 1 unspecified atom stereocenters. The van der Waals surface area contributed by atoms with Crippen LogP contribution in [0.25, 0.3) is 0 Å². The van der Waals surface area contributed by atoms with Crippen LogP contribution in [0.1, 0.15) is 36.8 Å². The molecule has 1 aliphatic carbocycles. The number of ether oxygens (including phenoxy) is 1. The Morgan fingerprint density at radius 1 is 1.29 bits per heavy atom. The summed E-state index contributed by atoms with van der Waals surface area (Å²) in [5, 5.41) is 13.0. The third kappa shape index (κ3) is 3.11. The van der Waals surface area contributed by atoms with Crippen molar-refractivity contribution in [3.8, 4) is 5.75 Å². The molecule has 3 amide bonds. The molecule has 0 radical (unpaired) electrons. The molecule has 1 aliphatic heterocycles. The number of β-amino-alcohol motifs (C(OH)–C–C–N with tert-alkyl or cyclic N) is 1. The van der Waals surface area contributed by atoms with Gasteiger partial charge < -0.3 is 15.2 Å². The van der Waals surface area contributed by atoms with E-state index in [9.17, 15) is 14.7 Å². The Hall–Kier alpha value is -2.08. The number of aliphatic hydroxyl groups excluding tert-OH is 1. The summed E-state index contributed by atoms with van der Waals surface area (Å²) < 4.78 is 5.66. The fourth-order valence-electron chi connectivity index (χ4n) is 3.47. The number of hydrogen-bond acceptors (Lipinski definition) is 4. The van der Waals surface area contributed by atoms with Crippen molar-refractivity contribution in [1.82, 2.24) is 10.2 Å². The summed E-state index contributed by atoms with van der Waals surface area (Å²) in [6, 6.07) is 5.45. The Kier molecular flexibility index (Phi) is 4.49. The molecule has 1 heterocycles. The third-order valence-corrected chi connectivity index (χ3v) is 4.87. The zero-order chi connectivity index (χ0) is 17.3. The topological polar surface area (TPSA) is 78.9 Å². The van der Waals surface area contributed by atoms with Crippen molar-refractivity contribution in [3.63, 3.8) is 0 Å². The number of rotatable bonds is 5. The molecule has 2 aliphatic rings. The Balaban J connectivity index is 1.59. The Labute approximate surface area is 141 Å². The minimum Gasteiger partial charge on any atom is -0.491 e. The van der Waals surface area contributed by atoms with Crippen molar-refractivity contribution in [3.05, 3.63) is 29.3 Å². The standard InChI is InChI=1S/C18H24N2O4/c1-12-5-6-13(2)15(9-12)24-11-14(21)10-20-16(22)18(19-17(20)23)7-3-4-8-18/h5-6,9,14,21H,3-4,7-8,10-11H2,1-2H3,(H,19,23). The van der Waals surface area contributed by atoms with Crippen LogP contribution in [0.5, 0.6) is 5.75 Å². The summed E-state index contributed by atoms with van der Waals surface area (Å²) in [5.41, 5.74) is 1.32.